The van der Waals surface area contributed by atoms with E-state index in [4.69, 9.17) is 23.2 Å². The van der Waals surface area contributed by atoms with Gasteiger partial charge in [-0.15, -0.1) is 0 Å². The molecule has 0 radical (unpaired) electrons. The molecule has 30 heavy (non-hydrogen) atoms. The summed E-state index contributed by atoms with van der Waals surface area (Å²) in [4.78, 5) is 29.2. The SMILES string of the molecule is CN(C)CCCN1C(=O)C(=O)C(=C(O)c2cc(Cl)ccc2O)[C@H]1c1cccc(Cl)c1. The van der Waals surface area contributed by atoms with Gasteiger partial charge in [-0.1, -0.05) is 35.3 Å². The molecule has 1 aliphatic rings. The minimum absolute atomic E-state index is 0.0131. The summed E-state index contributed by atoms with van der Waals surface area (Å²) in [6.45, 7) is 1.04. The Labute approximate surface area is 184 Å². The van der Waals surface area contributed by atoms with Gasteiger partial charge in [-0.3, -0.25) is 9.59 Å². The van der Waals surface area contributed by atoms with E-state index in [2.05, 4.69) is 0 Å². The van der Waals surface area contributed by atoms with E-state index in [9.17, 15) is 19.8 Å². The van der Waals surface area contributed by atoms with Crippen LogP contribution in [0, 0.1) is 0 Å². The van der Waals surface area contributed by atoms with Gasteiger partial charge in [-0.25, -0.2) is 0 Å². The second kappa shape index (κ2) is 9.08. The van der Waals surface area contributed by atoms with Crippen molar-refractivity contribution in [2.24, 2.45) is 0 Å². The Morgan fingerprint density at radius 2 is 1.80 bits per heavy atom. The Morgan fingerprint density at radius 3 is 2.47 bits per heavy atom. The molecule has 1 saturated heterocycles. The number of carbonyl (C=O) groups excluding carboxylic acids is 2. The summed E-state index contributed by atoms with van der Waals surface area (Å²) in [7, 11) is 3.84. The minimum Gasteiger partial charge on any atom is -0.507 e. The Hall–Kier alpha value is -2.54. The van der Waals surface area contributed by atoms with E-state index in [-0.39, 0.29) is 21.9 Å². The molecule has 0 saturated carbocycles. The van der Waals surface area contributed by atoms with Crippen molar-refractivity contribution in [3.05, 3.63) is 69.2 Å². The number of hydrogen-bond donors (Lipinski definition) is 2. The van der Waals surface area contributed by atoms with Crippen molar-refractivity contribution in [3.8, 4) is 5.75 Å². The molecule has 0 unspecified atom stereocenters. The van der Waals surface area contributed by atoms with Crippen molar-refractivity contribution in [3.63, 3.8) is 0 Å². The van der Waals surface area contributed by atoms with Crippen LogP contribution in [0.15, 0.2) is 48.0 Å². The predicted molar refractivity (Wildman–Crippen MR) is 117 cm³/mol. The van der Waals surface area contributed by atoms with Crippen molar-refractivity contribution < 1.29 is 19.8 Å². The lowest BCUT2D eigenvalue weighted by molar-refractivity contribution is -0.139. The van der Waals surface area contributed by atoms with Crippen LogP contribution < -0.4 is 0 Å². The highest BCUT2D eigenvalue weighted by Gasteiger charge is 2.46. The maximum atomic E-state index is 12.9. The Bertz CT molecular complexity index is 1020. The highest BCUT2D eigenvalue weighted by atomic mass is 35.5. The van der Waals surface area contributed by atoms with Crippen molar-refractivity contribution in [2.75, 3.05) is 27.2 Å². The zero-order chi connectivity index (χ0) is 22.0. The summed E-state index contributed by atoms with van der Waals surface area (Å²) in [5.41, 5.74) is 0.472. The topological polar surface area (TPSA) is 81.1 Å². The van der Waals surface area contributed by atoms with E-state index < -0.39 is 23.5 Å². The quantitative estimate of drug-likeness (QED) is 0.395. The summed E-state index contributed by atoms with van der Waals surface area (Å²) >= 11 is 12.2. The molecule has 1 amide bonds. The highest BCUT2D eigenvalue weighted by molar-refractivity contribution is 6.46. The van der Waals surface area contributed by atoms with Gasteiger partial charge in [-0.2, -0.15) is 0 Å². The normalized spacial score (nSPS) is 18.4. The fraction of sp³-hybridized carbons (Fsp3) is 0.273. The van der Waals surface area contributed by atoms with Crippen molar-refractivity contribution in [1.29, 1.82) is 0 Å². The number of aliphatic hydroxyl groups excluding tert-OH is 1. The monoisotopic (exact) mass is 448 g/mol. The maximum absolute atomic E-state index is 12.9. The molecule has 3 rings (SSSR count). The molecule has 0 bridgehead atoms. The number of likely N-dealkylation sites (tertiary alicyclic amines) is 1. The van der Waals surface area contributed by atoms with Crippen LogP contribution in [-0.4, -0.2) is 58.9 Å². The molecule has 0 spiro atoms. The second-order valence-electron chi connectivity index (χ2n) is 7.37. The largest absolute Gasteiger partial charge is 0.507 e. The lowest BCUT2D eigenvalue weighted by Crippen LogP contribution is -2.32. The number of amides is 1. The smallest absolute Gasteiger partial charge is 0.295 e. The number of carbonyl (C=O) groups is 2. The fourth-order valence-corrected chi connectivity index (χ4v) is 3.91. The molecule has 1 heterocycles. The lowest BCUT2D eigenvalue weighted by atomic mass is 9.95. The lowest BCUT2D eigenvalue weighted by Gasteiger charge is -2.26. The minimum atomic E-state index is -0.829. The van der Waals surface area contributed by atoms with Crippen LogP contribution in [0.1, 0.15) is 23.6 Å². The van der Waals surface area contributed by atoms with E-state index in [0.717, 1.165) is 6.54 Å². The molecule has 2 aromatic carbocycles. The van der Waals surface area contributed by atoms with Gasteiger partial charge < -0.3 is 20.0 Å². The number of nitrogens with zero attached hydrogens (tertiary/aromatic N) is 2. The van der Waals surface area contributed by atoms with Crippen molar-refractivity contribution >= 4 is 40.7 Å². The summed E-state index contributed by atoms with van der Waals surface area (Å²) in [5.74, 6) is -2.25. The predicted octanol–water partition coefficient (Wildman–Crippen LogP) is 4.07. The maximum Gasteiger partial charge on any atom is 0.295 e. The van der Waals surface area contributed by atoms with Crippen LogP contribution in [0.25, 0.3) is 5.76 Å². The van der Waals surface area contributed by atoms with Crippen LogP contribution in [0.2, 0.25) is 10.0 Å². The first-order valence-electron chi connectivity index (χ1n) is 9.38. The molecule has 1 atom stereocenters. The van der Waals surface area contributed by atoms with E-state index in [1.54, 1.807) is 24.3 Å². The second-order valence-corrected chi connectivity index (χ2v) is 8.24. The van der Waals surface area contributed by atoms with E-state index in [0.29, 0.717) is 23.6 Å². The van der Waals surface area contributed by atoms with Gasteiger partial charge in [0.15, 0.2) is 0 Å². The van der Waals surface area contributed by atoms with Gasteiger partial charge in [0.1, 0.15) is 11.5 Å². The Balaban J connectivity index is 2.15. The number of ketones is 1. The Kier molecular flexibility index (Phi) is 6.71. The first-order chi connectivity index (χ1) is 14.2. The molecule has 6 nitrogen and oxygen atoms in total. The van der Waals surface area contributed by atoms with E-state index >= 15 is 0 Å². The molecule has 158 valence electrons. The molecule has 0 aliphatic carbocycles. The number of aliphatic hydroxyl groups is 1. The molecule has 1 aliphatic heterocycles. The molecule has 8 heteroatoms. The molecule has 1 fully saturated rings. The third-order valence-electron chi connectivity index (χ3n) is 4.92. The number of aromatic hydroxyl groups is 1. The van der Waals surface area contributed by atoms with Crippen molar-refractivity contribution in [1.82, 2.24) is 9.80 Å². The number of phenols is 1. The average molecular weight is 449 g/mol. The first kappa shape index (κ1) is 22.2. The summed E-state index contributed by atoms with van der Waals surface area (Å²) in [6, 6.07) is 10.1. The zero-order valence-corrected chi connectivity index (χ0v) is 18.1. The van der Waals surface area contributed by atoms with Gasteiger partial charge in [0.25, 0.3) is 11.7 Å². The van der Waals surface area contributed by atoms with Gasteiger partial charge in [0, 0.05) is 16.6 Å². The third kappa shape index (κ3) is 4.46. The van der Waals surface area contributed by atoms with Crippen LogP contribution in [-0.2, 0) is 9.59 Å². The first-order valence-corrected chi connectivity index (χ1v) is 10.1. The van der Waals surface area contributed by atoms with E-state index in [1.165, 1.54) is 23.1 Å². The third-order valence-corrected chi connectivity index (χ3v) is 5.39. The van der Waals surface area contributed by atoms with Gasteiger partial charge >= 0.3 is 0 Å². The molecule has 2 aromatic rings. The van der Waals surface area contributed by atoms with Gasteiger partial charge in [0.2, 0.25) is 0 Å². The molecule has 2 N–H and O–H groups in total. The molecular weight excluding hydrogens is 427 g/mol. The van der Waals surface area contributed by atoms with E-state index in [1.807, 2.05) is 19.0 Å². The van der Waals surface area contributed by atoms with Gasteiger partial charge in [0.05, 0.1) is 17.2 Å². The number of halogens is 2. The fourth-order valence-electron chi connectivity index (χ4n) is 3.53. The summed E-state index contributed by atoms with van der Waals surface area (Å²) < 4.78 is 0. The number of rotatable bonds is 6. The van der Waals surface area contributed by atoms with Crippen LogP contribution >= 0.6 is 23.2 Å². The summed E-state index contributed by atoms with van der Waals surface area (Å²) in [6.07, 6.45) is 0.638. The average Bonchev–Trinajstić information content (AvgIpc) is 2.94. The van der Waals surface area contributed by atoms with Crippen LogP contribution in [0.5, 0.6) is 5.75 Å². The molecular formula is C22H22Cl2N2O4. The Morgan fingerprint density at radius 1 is 1.10 bits per heavy atom. The standard InChI is InChI=1S/C22H22Cl2N2O4/c1-25(2)9-4-10-26-19(13-5-3-6-14(23)11-13)18(21(29)22(26)30)20(28)16-12-15(24)7-8-17(16)27/h3,5-8,11-12,19,27-28H,4,9-10H2,1-2H3/t19-/m1/s1. The van der Waals surface area contributed by atoms with Crippen LogP contribution in [0.4, 0.5) is 0 Å². The number of benzene rings is 2. The number of phenolic OH excluding ortho intramolecular Hbond substituents is 1. The number of Topliss-reactive ketones (excluding diaryl/α,β-unsaturated/α-hetero) is 1. The molecule has 0 aromatic heterocycles. The number of hydrogen-bond acceptors (Lipinski definition) is 5. The van der Waals surface area contributed by atoms with Gasteiger partial charge in [-0.05, 0) is 63.0 Å². The zero-order valence-electron chi connectivity index (χ0n) is 16.6. The summed E-state index contributed by atoms with van der Waals surface area (Å²) in [5, 5.41) is 21.9. The van der Waals surface area contributed by atoms with Crippen LogP contribution in [0.3, 0.4) is 0 Å². The highest BCUT2D eigenvalue weighted by Crippen LogP contribution is 2.41. The van der Waals surface area contributed by atoms with Crippen molar-refractivity contribution in [2.45, 2.75) is 12.5 Å².